The SMILES string of the molecule is COc1cccc(CN2CCN(Cc3ccccc3[N+](=O)[O-])CC2)c1OC. The molecule has 0 N–H and O–H groups in total. The first-order chi connectivity index (χ1) is 13.1. The summed E-state index contributed by atoms with van der Waals surface area (Å²) in [5.74, 6) is 1.52. The van der Waals surface area contributed by atoms with Gasteiger partial charge in [0.25, 0.3) is 5.69 Å². The van der Waals surface area contributed by atoms with Crippen molar-refractivity contribution < 1.29 is 14.4 Å². The smallest absolute Gasteiger partial charge is 0.273 e. The fourth-order valence-electron chi connectivity index (χ4n) is 3.49. The minimum Gasteiger partial charge on any atom is -0.493 e. The normalized spacial score (nSPS) is 15.5. The van der Waals surface area contributed by atoms with Gasteiger partial charge in [0.1, 0.15) is 0 Å². The summed E-state index contributed by atoms with van der Waals surface area (Å²) in [4.78, 5) is 15.5. The molecule has 1 saturated heterocycles. The van der Waals surface area contributed by atoms with Crippen LogP contribution in [0.25, 0.3) is 0 Å². The molecule has 2 aromatic rings. The van der Waals surface area contributed by atoms with Gasteiger partial charge < -0.3 is 9.47 Å². The molecule has 0 bridgehead atoms. The summed E-state index contributed by atoms with van der Waals surface area (Å²) in [5.41, 5.74) is 2.07. The lowest BCUT2D eigenvalue weighted by Gasteiger charge is -2.34. The van der Waals surface area contributed by atoms with Crippen molar-refractivity contribution in [2.75, 3.05) is 40.4 Å². The molecule has 1 heterocycles. The molecular weight excluding hydrogens is 346 g/mol. The highest BCUT2D eigenvalue weighted by Gasteiger charge is 2.21. The molecule has 7 heteroatoms. The molecule has 0 aromatic heterocycles. The van der Waals surface area contributed by atoms with E-state index in [1.54, 1.807) is 26.4 Å². The highest BCUT2D eigenvalue weighted by Crippen LogP contribution is 2.31. The summed E-state index contributed by atoms with van der Waals surface area (Å²) in [6.45, 7) is 4.95. The lowest BCUT2D eigenvalue weighted by molar-refractivity contribution is -0.385. The number of hydrogen-bond acceptors (Lipinski definition) is 6. The van der Waals surface area contributed by atoms with Crippen molar-refractivity contribution in [3.05, 3.63) is 63.7 Å². The van der Waals surface area contributed by atoms with Gasteiger partial charge in [0.05, 0.1) is 19.1 Å². The summed E-state index contributed by atoms with van der Waals surface area (Å²) in [6.07, 6.45) is 0. The third kappa shape index (κ3) is 4.56. The molecule has 2 aromatic carbocycles. The molecule has 1 aliphatic heterocycles. The van der Waals surface area contributed by atoms with Crippen LogP contribution in [0.1, 0.15) is 11.1 Å². The van der Waals surface area contributed by atoms with Gasteiger partial charge >= 0.3 is 0 Å². The third-order valence-corrected chi connectivity index (χ3v) is 4.93. The third-order valence-electron chi connectivity index (χ3n) is 4.93. The molecule has 0 spiro atoms. The number of nitro groups is 1. The molecule has 0 saturated carbocycles. The number of ether oxygens (including phenoxy) is 2. The molecule has 144 valence electrons. The van der Waals surface area contributed by atoms with E-state index in [0.717, 1.165) is 55.3 Å². The van der Waals surface area contributed by atoms with Gasteiger partial charge in [-0.1, -0.05) is 30.3 Å². The molecule has 0 unspecified atom stereocenters. The van der Waals surface area contributed by atoms with E-state index in [2.05, 4.69) is 15.9 Å². The molecule has 3 rings (SSSR count). The van der Waals surface area contributed by atoms with E-state index in [0.29, 0.717) is 6.54 Å². The number of nitrogens with zero attached hydrogens (tertiary/aromatic N) is 3. The van der Waals surface area contributed by atoms with Crippen molar-refractivity contribution in [3.8, 4) is 11.5 Å². The second-order valence-electron chi connectivity index (χ2n) is 6.59. The van der Waals surface area contributed by atoms with Crippen molar-refractivity contribution in [1.82, 2.24) is 9.80 Å². The van der Waals surface area contributed by atoms with Crippen LogP contribution >= 0.6 is 0 Å². The van der Waals surface area contributed by atoms with Crippen molar-refractivity contribution >= 4 is 5.69 Å². The predicted octanol–water partition coefficient (Wildman–Crippen LogP) is 2.93. The van der Waals surface area contributed by atoms with Crippen molar-refractivity contribution in [1.29, 1.82) is 0 Å². The first-order valence-electron chi connectivity index (χ1n) is 8.99. The lowest BCUT2D eigenvalue weighted by atomic mass is 10.1. The second-order valence-corrected chi connectivity index (χ2v) is 6.59. The summed E-state index contributed by atoms with van der Waals surface area (Å²) < 4.78 is 10.9. The van der Waals surface area contributed by atoms with Gasteiger partial charge in [-0.2, -0.15) is 0 Å². The number of rotatable bonds is 7. The van der Waals surface area contributed by atoms with Crippen LogP contribution in [0.3, 0.4) is 0 Å². The molecule has 0 aliphatic carbocycles. The Balaban J connectivity index is 1.59. The van der Waals surface area contributed by atoms with Crippen LogP contribution in [0.2, 0.25) is 0 Å². The summed E-state index contributed by atoms with van der Waals surface area (Å²) in [6, 6.07) is 12.9. The van der Waals surface area contributed by atoms with Crippen LogP contribution in [0.4, 0.5) is 5.69 Å². The van der Waals surface area contributed by atoms with Crippen molar-refractivity contribution in [3.63, 3.8) is 0 Å². The monoisotopic (exact) mass is 371 g/mol. The quantitative estimate of drug-likeness (QED) is 0.551. The maximum absolute atomic E-state index is 11.2. The Hall–Kier alpha value is -2.64. The number of hydrogen-bond donors (Lipinski definition) is 0. The van der Waals surface area contributed by atoms with E-state index < -0.39 is 0 Å². The predicted molar refractivity (Wildman–Crippen MR) is 103 cm³/mol. The fraction of sp³-hybridized carbons (Fsp3) is 0.400. The minimum atomic E-state index is -0.305. The second kappa shape index (κ2) is 8.83. The largest absolute Gasteiger partial charge is 0.493 e. The Morgan fingerprint density at radius 3 is 2.07 bits per heavy atom. The van der Waals surface area contributed by atoms with E-state index in [1.807, 2.05) is 24.3 Å². The topological polar surface area (TPSA) is 68.1 Å². The van der Waals surface area contributed by atoms with E-state index in [-0.39, 0.29) is 10.6 Å². The zero-order chi connectivity index (χ0) is 19.2. The van der Waals surface area contributed by atoms with Gasteiger partial charge in [0.15, 0.2) is 11.5 Å². The number of methoxy groups -OCH3 is 2. The molecule has 7 nitrogen and oxygen atoms in total. The molecule has 1 aliphatic rings. The van der Waals surface area contributed by atoms with Gasteiger partial charge in [0, 0.05) is 56.5 Å². The summed E-state index contributed by atoms with van der Waals surface area (Å²) in [7, 11) is 3.30. The average Bonchev–Trinajstić information content (AvgIpc) is 2.69. The van der Waals surface area contributed by atoms with Gasteiger partial charge in [-0.15, -0.1) is 0 Å². The lowest BCUT2D eigenvalue weighted by Crippen LogP contribution is -2.45. The number of piperazine rings is 1. The summed E-state index contributed by atoms with van der Waals surface area (Å²) in [5, 5.41) is 11.2. The fourth-order valence-corrected chi connectivity index (χ4v) is 3.49. The van der Waals surface area contributed by atoms with E-state index in [1.165, 1.54) is 0 Å². The molecule has 0 radical (unpaired) electrons. The highest BCUT2D eigenvalue weighted by atomic mass is 16.6. The van der Waals surface area contributed by atoms with Crippen LogP contribution in [0.5, 0.6) is 11.5 Å². The van der Waals surface area contributed by atoms with Crippen molar-refractivity contribution in [2.24, 2.45) is 0 Å². The van der Waals surface area contributed by atoms with E-state index in [9.17, 15) is 10.1 Å². The minimum absolute atomic E-state index is 0.195. The van der Waals surface area contributed by atoms with Crippen LogP contribution in [0.15, 0.2) is 42.5 Å². The van der Waals surface area contributed by atoms with Gasteiger partial charge in [-0.25, -0.2) is 0 Å². The summed E-state index contributed by atoms with van der Waals surface area (Å²) >= 11 is 0. The zero-order valence-corrected chi connectivity index (χ0v) is 15.8. The molecular formula is C20H25N3O4. The van der Waals surface area contributed by atoms with Gasteiger partial charge in [0.2, 0.25) is 0 Å². The standard InChI is InChI=1S/C20H25N3O4/c1-26-19-9-5-7-17(20(19)27-2)15-22-12-10-21(11-13-22)14-16-6-3-4-8-18(16)23(24)25/h3-9H,10-15H2,1-2H3. The first-order valence-corrected chi connectivity index (χ1v) is 8.99. The number of nitro benzene ring substituents is 1. The highest BCUT2D eigenvalue weighted by molar-refractivity contribution is 5.46. The number of benzene rings is 2. The van der Waals surface area contributed by atoms with Crippen LogP contribution < -0.4 is 9.47 Å². The Morgan fingerprint density at radius 2 is 1.48 bits per heavy atom. The van der Waals surface area contributed by atoms with E-state index >= 15 is 0 Å². The van der Waals surface area contributed by atoms with Gasteiger partial charge in [-0.05, 0) is 6.07 Å². The number of para-hydroxylation sites is 2. The molecule has 0 amide bonds. The maximum atomic E-state index is 11.2. The Kier molecular flexibility index (Phi) is 6.26. The van der Waals surface area contributed by atoms with Crippen LogP contribution in [-0.4, -0.2) is 55.1 Å². The Bertz CT molecular complexity index is 789. The Labute approximate surface area is 159 Å². The first kappa shape index (κ1) is 19.1. The average molecular weight is 371 g/mol. The molecule has 0 atom stereocenters. The Morgan fingerprint density at radius 1 is 0.889 bits per heavy atom. The van der Waals surface area contributed by atoms with Crippen LogP contribution in [-0.2, 0) is 13.1 Å². The van der Waals surface area contributed by atoms with Crippen LogP contribution in [0, 0.1) is 10.1 Å². The van der Waals surface area contributed by atoms with Gasteiger partial charge in [-0.3, -0.25) is 19.9 Å². The zero-order valence-electron chi connectivity index (χ0n) is 15.8. The molecule has 27 heavy (non-hydrogen) atoms. The maximum Gasteiger partial charge on any atom is 0.273 e. The molecule has 1 fully saturated rings. The van der Waals surface area contributed by atoms with E-state index in [4.69, 9.17) is 9.47 Å². The van der Waals surface area contributed by atoms with Crippen molar-refractivity contribution in [2.45, 2.75) is 13.1 Å².